The largest absolute Gasteiger partial charge is 0.304 e. The first-order valence-electron chi connectivity index (χ1n) is 6.96. The molecule has 2 atom stereocenters. The van der Waals surface area contributed by atoms with Crippen molar-refractivity contribution in [1.29, 1.82) is 0 Å². The molecule has 0 fully saturated rings. The van der Waals surface area contributed by atoms with Gasteiger partial charge in [-0.2, -0.15) is 0 Å². The molecule has 0 aliphatic carbocycles. The molecular weight excluding hydrogens is 230 g/mol. The fraction of sp³-hybridized carbons (Fsp3) is 0.333. The van der Waals surface area contributed by atoms with Crippen molar-refractivity contribution in [3.8, 4) is 0 Å². The van der Waals surface area contributed by atoms with Gasteiger partial charge >= 0.3 is 0 Å². The molecule has 1 heteroatoms. The van der Waals surface area contributed by atoms with Crippen LogP contribution in [0.15, 0.2) is 48.5 Å². The molecule has 1 nitrogen and oxygen atoms in total. The van der Waals surface area contributed by atoms with E-state index in [2.05, 4.69) is 81.5 Å². The first-order valence-corrected chi connectivity index (χ1v) is 6.96. The van der Waals surface area contributed by atoms with Gasteiger partial charge in [0, 0.05) is 12.1 Å². The number of hydrogen-bond acceptors (Lipinski definition) is 1. The Kier molecular flexibility index (Phi) is 4.39. The third-order valence-electron chi connectivity index (χ3n) is 3.69. The van der Waals surface area contributed by atoms with Gasteiger partial charge in [-0.05, 0) is 44.4 Å². The molecule has 0 radical (unpaired) electrons. The summed E-state index contributed by atoms with van der Waals surface area (Å²) in [6.45, 7) is 8.78. The summed E-state index contributed by atoms with van der Waals surface area (Å²) >= 11 is 0. The van der Waals surface area contributed by atoms with E-state index in [-0.39, 0.29) is 0 Å². The molecule has 2 aromatic carbocycles. The van der Waals surface area contributed by atoms with Crippen molar-refractivity contribution in [2.24, 2.45) is 0 Å². The Morgan fingerprint density at radius 2 is 1.53 bits per heavy atom. The van der Waals surface area contributed by atoms with Gasteiger partial charge in [0.2, 0.25) is 0 Å². The smallest absolute Gasteiger partial charge is 0.0300 e. The van der Waals surface area contributed by atoms with Crippen molar-refractivity contribution < 1.29 is 0 Å². The molecule has 0 heterocycles. The van der Waals surface area contributed by atoms with Crippen LogP contribution in [0.5, 0.6) is 0 Å². The van der Waals surface area contributed by atoms with Gasteiger partial charge in [-0.15, -0.1) is 0 Å². The van der Waals surface area contributed by atoms with Crippen LogP contribution < -0.4 is 5.32 Å². The van der Waals surface area contributed by atoms with Crippen molar-refractivity contribution in [2.75, 3.05) is 0 Å². The van der Waals surface area contributed by atoms with Crippen LogP contribution in [0.1, 0.15) is 48.2 Å². The van der Waals surface area contributed by atoms with Crippen molar-refractivity contribution in [1.82, 2.24) is 5.32 Å². The molecule has 0 aromatic heterocycles. The average Bonchev–Trinajstić information content (AvgIpc) is 2.39. The summed E-state index contributed by atoms with van der Waals surface area (Å²) in [7, 11) is 0. The summed E-state index contributed by atoms with van der Waals surface area (Å²) in [4.78, 5) is 0. The second-order valence-corrected chi connectivity index (χ2v) is 5.38. The van der Waals surface area contributed by atoms with Crippen LogP contribution in [0, 0.1) is 13.8 Å². The standard InChI is InChI=1S/C18H23N/c1-13-10-11-18(14(2)12-13)16(4)19-15(3)17-8-6-5-7-9-17/h5-12,15-16,19H,1-4H3/t15-,16?/m1/s1. The van der Waals surface area contributed by atoms with E-state index in [4.69, 9.17) is 0 Å². The maximum Gasteiger partial charge on any atom is 0.0300 e. The fourth-order valence-electron chi connectivity index (χ4n) is 2.61. The topological polar surface area (TPSA) is 12.0 Å². The Morgan fingerprint density at radius 3 is 2.16 bits per heavy atom. The summed E-state index contributed by atoms with van der Waals surface area (Å²) < 4.78 is 0. The number of nitrogens with one attached hydrogen (secondary N) is 1. The van der Waals surface area contributed by atoms with Crippen LogP contribution >= 0.6 is 0 Å². The third-order valence-corrected chi connectivity index (χ3v) is 3.69. The SMILES string of the molecule is Cc1ccc(C(C)N[C@H](C)c2ccccc2)c(C)c1. The van der Waals surface area contributed by atoms with Gasteiger partial charge in [-0.25, -0.2) is 0 Å². The van der Waals surface area contributed by atoms with E-state index in [0.717, 1.165) is 0 Å². The maximum atomic E-state index is 3.67. The van der Waals surface area contributed by atoms with Crippen molar-refractivity contribution >= 4 is 0 Å². The minimum absolute atomic E-state index is 0.357. The highest BCUT2D eigenvalue weighted by molar-refractivity contribution is 5.32. The van der Waals surface area contributed by atoms with Crippen molar-refractivity contribution in [2.45, 2.75) is 39.8 Å². The van der Waals surface area contributed by atoms with E-state index >= 15 is 0 Å². The Morgan fingerprint density at radius 1 is 0.842 bits per heavy atom. The summed E-state index contributed by atoms with van der Waals surface area (Å²) in [5, 5.41) is 3.67. The third kappa shape index (κ3) is 3.45. The molecule has 0 spiro atoms. The molecule has 0 aliphatic rings. The quantitative estimate of drug-likeness (QED) is 0.831. The van der Waals surface area contributed by atoms with E-state index in [1.165, 1.54) is 22.3 Å². The van der Waals surface area contributed by atoms with Crippen LogP contribution in [0.4, 0.5) is 0 Å². The lowest BCUT2D eigenvalue weighted by atomic mass is 9.99. The molecule has 0 saturated heterocycles. The van der Waals surface area contributed by atoms with Gasteiger partial charge in [0.25, 0.3) is 0 Å². The minimum Gasteiger partial charge on any atom is -0.304 e. The summed E-state index contributed by atoms with van der Waals surface area (Å²) in [5.41, 5.74) is 5.40. The zero-order valence-corrected chi connectivity index (χ0v) is 12.3. The summed E-state index contributed by atoms with van der Waals surface area (Å²) in [6, 6.07) is 18.0. The lowest BCUT2D eigenvalue weighted by Gasteiger charge is -2.22. The second-order valence-electron chi connectivity index (χ2n) is 5.38. The number of aryl methyl sites for hydroxylation is 2. The monoisotopic (exact) mass is 253 g/mol. The molecule has 0 aliphatic heterocycles. The summed E-state index contributed by atoms with van der Waals surface area (Å²) in [6.07, 6.45) is 0. The minimum atomic E-state index is 0.357. The van der Waals surface area contributed by atoms with Crippen LogP contribution in [-0.4, -0.2) is 0 Å². The van der Waals surface area contributed by atoms with E-state index in [9.17, 15) is 0 Å². The molecule has 0 saturated carbocycles. The van der Waals surface area contributed by atoms with Gasteiger partial charge < -0.3 is 5.32 Å². The number of hydrogen-bond donors (Lipinski definition) is 1. The van der Waals surface area contributed by atoms with Crippen LogP contribution in [0.2, 0.25) is 0 Å². The zero-order chi connectivity index (χ0) is 13.8. The van der Waals surface area contributed by atoms with Gasteiger partial charge in [-0.1, -0.05) is 54.1 Å². The van der Waals surface area contributed by atoms with Gasteiger partial charge in [0.05, 0.1) is 0 Å². The molecule has 2 aromatic rings. The van der Waals surface area contributed by atoms with Crippen molar-refractivity contribution in [3.05, 3.63) is 70.8 Å². The summed E-state index contributed by atoms with van der Waals surface area (Å²) in [5.74, 6) is 0. The number of rotatable bonds is 4. The molecule has 0 bridgehead atoms. The predicted molar refractivity (Wildman–Crippen MR) is 82.3 cm³/mol. The zero-order valence-electron chi connectivity index (χ0n) is 12.3. The second kappa shape index (κ2) is 6.03. The first kappa shape index (κ1) is 13.8. The van der Waals surface area contributed by atoms with Crippen LogP contribution in [0.3, 0.4) is 0 Å². The molecule has 19 heavy (non-hydrogen) atoms. The predicted octanol–water partition coefficient (Wildman–Crippen LogP) is 4.72. The molecular formula is C18H23N. The van der Waals surface area contributed by atoms with Crippen LogP contribution in [-0.2, 0) is 0 Å². The van der Waals surface area contributed by atoms with Crippen molar-refractivity contribution in [3.63, 3.8) is 0 Å². The highest BCUT2D eigenvalue weighted by atomic mass is 14.9. The Hall–Kier alpha value is -1.60. The van der Waals surface area contributed by atoms with Gasteiger partial charge in [0.15, 0.2) is 0 Å². The Bertz CT molecular complexity index is 531. The lowest BCUT2D eigenvalue weighted by Crippen LogP contribution is -2.23. The highest BCUT2D eigenvalue weighted by Gasteiger charge is 2.12. The molecule has 2 rings (SSSR count). The lowest BCUT2D eigenvalue weighted by molar-refractivity contribution is 0.493. The first-order chi connectivity index (χ1) is 9.08. The molecule has 1 N–H and O–H groups in total. The normalized spacial score (nSPS) is 14.1. The Labute approximate surface area is 116 Å². The van der Waals surface area contributed by atoms with Gasteiger partial charge in [-0.3, -0.25) is 0 Å². The van der Waals surface area contributed by atoms with Crippen LogP contribution in [0.25, 0.3) is 0 Å². The molecule has 0 amide bonds. The average molecular weight is 253 g/mol. The number of benzene rings is 2. The van der Waals surface area contributed by atoms with Gasteiger partial charge in [0.1, 0.15) is 0 Å². The molecule has 100 valence electrons. The van der Waals surface area contributed by atoms with E-state index < -0.39 is 0 Å². The maximum absolute atomic E-state index is 3.67. The molecule has 1 unspecified atom stereocenters. The highest BCUT2D eigenvalue weighted by Crippen LogP contribution is 2.22. The van der Waals surface area contributed by atoms with E-state index in [1.807, 2.05) is 0 Å². The Balaban J connectivity index is 2.10. The van der Waals surface area contributed by atoms with E-state index in [1.54, 1.807) is 0 Å². The van der Waals surface area contributed by atoms with E-state index in [0.29, 0.717) is 12.1 Å². The fourth-order valence-corrected chi connectivity index (χ4v) is 2.61.